The fraction of sp³-hybridized carbons (Fsp3) is 0.125. The monoisotopic (exact) mass is 641 g/mol. The second-order valence-corrected chi connectivity index (χ2v) is 11.0. The van der Waals surface area contributed by atoms with Gasteiger partial charge < -0.3 is 0 Å². The number of allylic oxidation sites excluding steroid dienone is 4. The number of para-hydroxylation sites is 2. The van der Waals surface area contributed by atoms with Crippen molar-refractivity contribution in [3.05, 3.63) is 133 Å². The molecule has 180 valence electrons. The molecule has 0 atom stereocenters. The topological polar surface area (TPSA) is 18.5 Å². The molecule has 0 aliphatic heterocycles. The van der Waals surface area contributed by atoms with Crippen LogP contribution < -0.4 is 17.4 Å². The summed E-state index contributed by atoms with van der Waals surface area (Å²) >= 11 is -0.240. The Morgan fingerprint density at radius 1 is 0.371 bits per heavy atom. The molecule has 4 aromatic rings. The van der Waals surface area contributed by atoms with Crippen molar-refractivity contribution < 1.29 is 28.0 Å². The van der Waals surface area contributed by atoms with Crippen molar-refractivity contribution in [2.75, 3.05) is 0 Å². The van der Waals surface area contributed by atoms with E-state index in [2.05, 4.69) is 48.6 Å². The molecule has 0 bridgehead atoms. The maximum absolute atomic E-state index is 5.85. The van der Waals surface area contributed by atoms with Crippen LogP contribution in [-0.2, 0) is 18.6 Å². The van der Waals surface area contributed by atoms with Crippen molar-refractivity contribution in [1.29, 1.82) is 0 Å². The van der Waals surface area contributed by atoms with Gasteiger partial charge >= 0.3 is 168 Å². The number of hydrogen-bond donors (Lipinski definition) is 0. The standard InChI is InChI=1S/2C12H9O.C8H12.Pt/c2*1-3-7-11(8-4-1)13-12-9-5-2-6-10-12;1-2-4-6-8-7-5-3-1;/h2*1,3-10H;1-2,7-8H,3-6H2;. The van der Waals surface area contributed by atoms with Crippen molar-refractivity contribution in [3.8, 4) is 23.0 Å². The van der Waals surface area contributed by atoms with E-state index in [1.807, 2.05) is 84.9 Å². The quantitative estimate of drug-likeness (QED) is 0.199. The van der Waals surface area contributed by atoms with E-state index in [4.69, 9.17) is 9.47 Å². The van der Waals surface area contributed by atoms with E-state index < -0.39 is 0 Å². The summed E-state index contributed by atoms with van der Waals surface area (Å²) in [5, 5.41) is 0. The number of benzene rings is 4. The molecule has 0 saturated heterocycles. The van der Waals surface area contributed by atoms with E-state index in [0.29, 0.717) is 0 Å². The van der Waals surface area contributed by atoms with Gasteiger partial charge in [0.1, 0.15) is 0 Å². The van der Waals surface area contributed by atoms with Crippen LogP contribution in [0.5, 0.6) is 23.0 Å². The molecule has 0 fully saturated rings. The van der Waals surface area contributed by atoms with Crippen LogP contribution in [0.4, 0.5) is 0 Å². The average molecular weight is 642 g/mol. The third-order valence-corrected chi connectivity index (χ3v) is 7.89. The van der Waals surface area contributed by atoms with Gasteiger partial charge in [0, 0.05) is 0 Å². The molecule has 0 radical (unpaired) electrons. The Morgan fingerprint density at radius 3 is 1.03 bits per heavy atom. The average Bonchev–Trinajstić information content (AvgIpc) is 2.88. The molecule has 35 heavy (non-hydrogen) atoms. The van der Waals surface area contributed by atoms with Gasteiger partial charge in [0.05, 0.1) is 0 Å². The number of ether oxygens (including phenoxy) is 2. The number of hydrogen-bond acceptors (Lipinski definition) is 2. The summed E-state index contributed by atoms with van der Waals surface area (Å²) in [4.78, 5) is 0. The van der Waals surface area contributed by atoms with E-state index in [1.165, 1.54) is 33.6 Å². The summed E-state index contributed by atoms with van der Waals surface area (Å²) in [6, 6.07) is 36.4. The summed E-state index contributed by atoms with van der Waals surface area (Å²) in [6.45, 7) is 0. The summed E-state index contributed by atoms with van der Waals surface area (Å²) in [7, 11) is 0. The predicted octanol–water partition coefficient (Wildman–Crippen LogP) is 7.98. The van der Waals surface area contributed by atoms with Crippen LogP contribution in [-0.4, -0.2) is 0 Å². The van der Waals surface area contributed by atoms with Gasteiger partial charge in [0.15, 0.2) is 0 Å². The summed E-state index contributed by atoms with van der Waals surface area (Å²) in [6.07, 6.45) is 14.0. The molecule has 1 aliphatic carbocycles. The second kappa shape index (κ2) is 14.1. The van der Waals surface area contributed by atoms with Gasteiger partial charge in [0.2, 0.25) is 0 Å². The van der Waals surface area contributed by atoms with Crippen molar-refractivity contribution in [2.24, 2.45) is 0 Å². The third kappa shape index (κ3) is 9.07. The summed E-state index contributed by atoms with van der Waals surface area (Å²) in [5.41, 5.74) is 0. The normalized spacial score (nSPS) is 12.7. The minimum atomic E-state index is -0.240. The summed E-state index contributed by atoms with van der Waals surface area (Å²) in [5.74, 6) is 3.43. The van der Waals surface area contributed by atoms with Gasteiger partial charge in [-0.3, -0.25) is 0 Å². The first-order valence-corrected chi connectivity index (χ1v) is 14.2. The molecule has 0 amide bonds. The molecular weight excluding hydrogens is 611 g/mol. The van der Waals surface area contributed by atoms with E-state index in [9.17, 15) is 0 Å². The van der Waals surface area contributed by atoms with Crippen LogP contribution in [0.25, 0.3) is 0 Å². The summed E-state index contributed by atoms with van der Waals surface area (Å²) < 4.78 is 14.4. The Balaban J connectivity index is 0.000000308. The molecule has 0 spiro atoms. The van der Waals surface area contributed by atoms with Crippen molar-refractivity contribution in [3.63, 3.8) is 0 Å². The zero-order valence-corrected chi connectivity index (χ0v) is 21.9. The third-order valence-electron chi connectivity index (χ3n) is 5.06. The van der Waals surface area contributed by atoms with Gasteiger partial charge in [-0.15, -0.1) is 0 Å². The van der Waals surface area contributed by atoms with Gasteiger partial charge in [-0.1, -0.05) is 24.3 Å². The zero-order chi connectivity index (χ0) is 24.0. The van der Waals surface area contributed by atoms with Gasteiger partial charge in [-0.25, -0.2) is 0 Å². The molecule has 5 rings (SSSR count). The molecule has 1 aliphatic rings. The Bertz CT molecular complexity index is 1070. The van der Waals surface area contributed by atoms with Crippen LogP contribution in [0, 0.1) is 0 Å². The first-order chi connectivity index (χ1) is 17.3. The van der Waals surface area contributed by atoms with E-state index in [-0.39, 0.29) is 18.6 Å². The molecule has 0 heterocycles. The fourth-order valence-electron chi connectivity index (χ4n) is 3.30. The van der Waals surface area contributed by atoms with Gasteiger partial charge in [0.25, 0.3) is 0 Å². The van der Waals surface area contributed by atoms with Crippen LogP contribution in [0.1, 0.15) is 25.7 Å². The Hall–Kier alpha value is -3.35. The molecular formula is C32H30O2Pt. The minimum absolute atomic E-state index is 0.240. The Morgan fingerprint density at radius 2 is 0.686 bits per heavy atom. The first kappa shape index (κ1) is 24.8. The van der Waals surface area contributed by atoms with Crippen LogP contribution in [0.3, 0.4) is 0 Å². The molecule has 4 aromatic carbocycles. The van der Waals surface area contributed by atoms with Crippen molar-refractivity contribution in [2.45, 2.75) is 25.7 Å². The van der Waals surface area contributed by atoms with Crippen LogP contribution in [0.2, 0.25) is 0 Å². The molecule has 2 nitrogen and oxygen atoms in total. The zero-order valence-electron chi connectivity index (χ0n) is 19.7. The Kier molecular flexibility index (Phi) is 10.0. The molecule has 0 unspecified atom stereocenters. The van der Waals surface area contributed by atoms with Crippen molar-refractivity contribution >= 4 is 7.91 Å². The molecule has 0 saturated carbocycles. The van der Waals surface area contributed by atoms with Crippen LogP contribution in [0.15, 0.2) is 133 Å². The number of rotatable bonds is 6. The van der Waals surface area contributed by atoms with Crippen molar-refractivity contribution in [1.82, 2.24) is 0 Å². The Labute approximate surface area is 217 Å². The maximum atomic E-state index is 5.85. The SMILES string of the molecule is C1=CCCC=CCC1.c1ccc(Oc2cc[c]([Pt][c]3ccc(Oc4ccccc4)cc3)cc2)cc1. The molecule has 0 aromatic heterocycles. The van der Waals surface area contributed by atoms with Gasteiger partial charge in [-0.2, -0.15) is 0 Å². The molecule has 0 N–H and O–H groups in total. The van der Waals surface area contributed by atoms with E-state index >= 15 is 0 Å². The first-order valence-electron chi connectivity index (χ1n) is 11.9. The second-order valence-electron chi connectivity index (χ2n) is 7.84. The van der Waals surface area contributed by atoms with Gasteiger partial charge in [-0.05, 0) is 25.7 Å². The van der Waals surface area contributed by atoms with E-state index in [0.717, 1.165) is 23.0 Å². The van der Waals surface area contributed by atoms with E-state index in [1.54, 1.807) is 0 Å². The molecule has 3 heteroatoms. The van der Waals surface area contributed by atoms with Crippen LogP contribution >= 0.6 is 0 Å². The predicted molar refractivity (Wildman–Crippen MR) is 142 cm³/mol. The fourth-order valence-corrected chi connectivity index (χ4v) is 5.57.